The Morgan fingerprint density at radius 3 is 2.75 bits per heavy atom. The van der Waals surface area contributed by atoms with Gasteiger partial charge in [0.1, 0.15) is 11.7 Å². The highest BCUT2D eigenvalue weighted by Gasteiger charge is 2.12. The van der Waals surface area contributed by atoms with Crippen molar-refractivity contribution in [2.45, 2.75) is 6.54 Å². The van der Waals surface area contributed by atoms with Crippen molar-refractivity contribution in [3.05, 3.63) is 48.3 Å². The Hall–Kier alpha value is -1.35. The summed E-state index contributed by atoms with van der Waals surface area (Å²) in [6.07, 6.45) is 1.59. The highest BCUT2D eigenvalue weighted by Crippen LogP contribution is 2.10. The molecule has 0 heterocycles. The van der Waals surface area contributed by atoms with Gasteiger partial charge in [0.25, 0.3) is 0 Å². The number of hydrogen-bond acceptors (Lipinski definition) is 1. The van der Waals surface area contributed by atoms with E-state index < -0.39 is 0 Å². The van der Waals surface area contributed by atoms with Crippen molar-refractivity contribution in [1.29, 1.82) is 0 Å². The first-order valence-electron chi connectivity index (χ1n) is 4.87. The van der Waals surface area contributed by atoms with Crippen molar-refractivity contribution in [1.82, 2.24) is 4.90 Å². The van der Waals surface area contributed by atoms with E-state index in [-0.39, 0.29) is 24.1 Å². The molecule has 2 nitrogen and oxygen atoms in total. The molecule has 16 heavy (non-hydrogen) atoms. The summed E-state index contributed by atoms with van der Waals surface area (Å²) in [5.41, 5.74) is 0.475. The van der Waals surface area contributed by atoms with Crippen LogP contribution in [0.15, 0.2) is 36.9 Å². The third-order valence-corrected chi connectivity index (χ3v) is 2.36. The van der Waals surface area contributed by atoms with Gasteiger partial charge in [-0.25, -0.2) is 4.39 Å². The predicted molar refractivity (Wildman–Crippen MR) is 62.7 cm³/mol. The third-order valence-electron chi connectivity index (χ3n) is 2.14. The summed E-state index contributed by atoms with van der Waals surface area (Å²) >= 11 is 5.47. The Balaban J connectivity index is 2.79. The highest BCUT2D eigenvalue weighted by molar-refractivity contribution is 6.27. The zero-order valence-electron chi connectivity index (χ0n) is 8.83. The first-order valence-corrected chi connectivity index (χ1v) is 5.40. The number of halogens is 2. The number of nitrogens with zero attached hydrogens (tertiary/aromatic N) is 1. The molecule has 1 aromatic rings. The van der Waals surface area contributed by atoms with Gasteiger partial charge in [0.05, 0.1) is 0 Å². The molecular weight excluding hydrogens is 229 g/mol. The van der Waals surface area contributed by atoms with Crippen molar-refractivity contribution in [2.75, 3.05) is 12.4 Å². The molecule has 0 aliphatic rings. The van der Waals surface area contributed by atoms with Crippen LogP contribution in [0.3, 0.4) is 0 Å². The number of alkyl halides is 1. The standard InChI is InChI=1S/C12H13ClFNO/c1-2-7-15(12(16)8-13)9-10-5-3-4-6-11(10)14/h2-6H,1,7-9H2. The van der Waals surface area contributed by atoms with E-state index in [4.69, 9.17) is 11.6 Å². The molecule has 0 saturated heterocycles. The SMILES string of the molecule is C=CCN(Cc1ccccc1F)C(=O)CCl. The van der Waals surface area contributed by atoms with Crippen LogP contribution in [0, 0.1) is 5.82 Å². The Bertz CT molecular complexity index is 381. The van der Waals surface area contributed by atoms with Gasteiger partial charge in [-0.1, -0.05) is 24.3 Å². The first-order chi connectivity index (χ1) is 7.69. The van der Waals surface area contributed by atoms with Gasteiger partial charge in [0, 0.05) is 18.7 Å². The molecule has 0 aliphatic carbocycles. The lowest BCUT2D eigenvalue weighted by atomic mass is 10.2. The second-order valence-electron chi connectivity index (χ2n) is 3.29. The molecule has 0 N–H and O–H groups in total. The fraction of sp³-hybridized carbons (Fsp3) is 0.250. The maximum atomic E-state index is 13.4. The summed E-state index contributed by atoms with van der Waals surface area (Å²) in [6.45, 7) is 4.12. The molecular formula is C12H13ClFNO. The topological polar surface area (TPSA) is 20.3 Å². The van der Waals surface area contributed by atoms with Crippen LogP contribution >= 0.6 is 11.6 Å². The van der Waals surface area contributed by atoms with Crippen LogP contribution in [0.1, 0.15) is 5.56 Å². The fourth-order valence-corrected chi connectivity index (χ4v) is 1.50. The van der Waals surface area contributed by atoms with Crippen molar-refractivity contribution in [3.63, 3.8) is 0 Å². The van der Waals surface area contributed by atoms with Gasteiger partial charge in [-0.15, -0.1) is 18.2 Å². The molecule has 0 saturated carbocycles. The number of carbonyl (C=O) groups is 1. The van der Waals surface area contributed by atoms with E-state index in [1.807, 2.05) is 0 Å². The van der Waals surface area contributed by atoms with Crippen molar-refractivity contribution < 1.29 is 9.18 Å². The average molecular weight is 242 g/mol. The fourth-order valence-electron chi connectivity index (χ4n) is 1.33. The third kappa shape index (κ3) is 3.35. The van der Waals surface area contributed by atoms with Crippen LogP contribution in [-0.2, 0) is 11.3 Å². The van der Waals surface area contributed by atoms with Crippen LogP contribution < -0.4 is 0 Å². The second kappa shape index (κ2) is 6.28. The van der Waals surface area contributed by atoms with E-state index in [9.17, 15) is 9.18 Å². The van der Waals surface area contributed by atoms with E-state index in [0.717, 1.165) is 0 Å². The Kier molecular flexibility index (Phi) is 4.99. The summed E-state index contributed by atoms with van der Waals surface area (Å²) in [7, 11) is 0. The lowest BCUT2D eigenvalue weighted by molar-refractivity contribution is -0.128. The van der Waals surface area contributed by atoms with Crippen LogP contribution in [0.5, 0.6) is 0 Å². The van der Waals surface area contributed by atoms with Gasteiger partial charge in [-0.05, 0) is 6.07 Å². The molecule has 1 aromatic carbocycles. The highest BCUT2D eigenvalue weighted by atomic mass is 35.5. The maximum Gasteiger partial charge on any atom is 0.238 e. The predicted octanol–water partition coefficient (Wildman–Crippen LogP) is 2.58. The van der Waals surface area contributed by atoms with Crippen molar-refractivity contribution >= 4 is 17.5 Å². The van der Waals surface area contributed by atoms with E-state index in [1.54, 1.807) is 24.3 Å². The van der Waals surface area contributed by atoms with E-state index >= 15 is 0 Å². The number of carbonyl (C=O) groups excluding carboxylic acids is 1. The number of rotatable bonds is 5. The lowest BCUT2D eigenvalue weighted by Crippen LogP contribution is -2.31. The molecule has 1 amide bonds. The van der Waals surface area contributed by atoms with E-state index in [2.05, 4.69) is 6.58 Å². The molecule has 0 atom stereocenters. The second-order valence-corrected chi connectivity index (χ2v) is 3.56. The summed E-state index contributed by atoms with van der Waals surface area (Å²) in [6, 6.07) is 6.36. The number of amides is 1. The van der Waals surface area contributed by atoms with Crippen LogP contribution in [0.4, 0.5) is 4.39 Å². The number of hydrogen-bond donors (Lipinski definition) is 0. The van der Waals surface area contributed by atoms with Gasteiger partial charge in [0.15, 0.2) is 0 Å². The summed E-state index contributed by atoms with van der Waals surface area (Å²) in [4.78, 5) is 12.9. The Morgan fingerprint density at radius 1 is 1.50 bits per heavy atom. The molecule has 4 heteroatoms. The lowest BCUT2D eigenvalue weighted by Gasteiger charge is -2.20. The number of benzene rings is 1. The quantitative estimate of drug-likeness (QED) is 0.573. The van der Waals surface area contributed by atoms with E-state index in [0.29, 0.717) is 12.1 Å². The van der Waals surface area contributed by atoms with Crippen LogP contribution in [-0.4, -0.2) is 23.2 Å². The molecule has 1 rings (SSSR count). The van der Waals surface area contributed by atoms with Gasteiger partial charge >= 0.3 is 0 Å². The normalized spacial score (nSPS) is 9.88. The van der Waals surface area contributed by atoms with Crippen LogP contribution in [0.25, 0.3) is 0 Å². The molecule has 0 aliphatic heterocycles. The van der Waals surface area contributed by atoms with Gasteiger partial charge in [-0.3, -0.25) is 4.79 Å². The van der Waals surface area contributed by atoms with Gasteiger partial charge < -0.3 is 4.90 Å². The van der Waals surface area contributed by atoms with Gasteiger partial charge in [-0.2, -0.15) is 0 Å². The zero-order chi connectivity index (χ0) is 12.0. The summed E-state index contributed by atoms with van der Waals surface area (Å²) in [5.74, 6) is -0.661. The monoisotopic (exact) mass is 241 g/mol. The molecule has 0 fully saturated rings. The molecule has 0 radical (unpaired) electrons. The molecule has 0 spiro atoms. The van der Waals surface area contributed by atoms with Crippen molar-refractivity contribution in [3.8, 4) is 0 Å². The van der Waals surface area contributed by atoms with E-state index in [1.165, 1.54) is 11.0 Å². The molecule has 0 bridgehead atoms. The minimum Gasteiger partial charge on any atom is -0.334 e. The molecule has 0 aromatic heterocycles. The largest absolute Gasteiger partial charge is 0.334 e. The Morgan fingerprint density at radius 2 is 2.19 bits per heavy atom. The molecule has 86 valence electrons. The average Bonchev–Trinajstić information content (AvgIpc) is 2.30. The Labute approximate surface area is 99.3 Å². The minimum absolute atomic E-state index is 0.109. The van der Waals surface area contributed by atoms with Gasteiger partial charge in [0.2, 0.25) is 5.91 Å². The first kappa shape index (κ1) is 12.7. The summed E-state index contributed by atoms with van der Waals surface area (Å²) < 4.78 is 13.4. The minimum atomic E-state index is -0.320. The van der Waals surface area contributed by atoms with Crippen LogP contribution in [0.2, 0.25) is 0 Å². The van der Waals surface area contributed by atoms with Crippen molar-refractivity contribution in [2.24, 2.45) is 0 Å². The zero-order valence-corrected chi connectivity index (χ0v) is 9.58. The smallest absolute Gasteiger partial charge is 0.238 e. The maximum absolute atomic E-state index is 13.4. The molecule has 0 unspecified atom stereocenters. The summed E-state index contributed by atoms with van der Waals surface area (Å²) in [5, 5.41) is 0.